The maximum atomic E-state index is 12.5. The van der Waals surface area contributed by atoms with E-state index in [0.29, 0.717) is 17.3 Å². The van der Waals surface area contributed by atoms with Crippen LogP contribution >= 0.6 is 11.6 Å². The lowest BCUT2D eigenvalue weighted by atomic mass is 9.97. The predicted molar refractivity (Wildman–Crippen MR) is 121 cm³/mol. The molecule has 2 heterocycles. The number of carbonyl (C=O) groups is 2. The highest BCUT2D eigenvalue weighted by Crippen LogP contribution is 2.27. The standard InChI is InChI=1S/C24H23ClN4O2/c25-20-9-3-4-10-21(20)28-24(31)23(30)27-15-22(18-8-5-12-26-14-18)29-13-11-17-6-1-2-7-19(17)16-29/h1-10,12,14,22H,11,13,15-16H2,(H,27,30)(H,28,31). The number of pyridine rings is 1. The fraction of sp³-hybridized carbons (Fsp3) is 0.208. The average Bonchev–Trinajstić information content (AvgIpc) is 2.81. The second kappa shape index (κ2) is 9.73. The van der Waals surface area contributed by atoms with E-state index in [1.807, 2.05) is 18.2 Å². The van der Waals surface area contributed by atoms with Crippen molar-refractivity contribution in [1.29, 1.82) is 0 Å². The van der Waals surface area contributed by atoms with E-state index in [-0.39, 0.29) is 6.04 Å². The molecule has 3 aromatic rings. The molecule has 4 rings (SSSR count). The Morgan fingerprint density at radius 3 is 2.55 bits per heavy atom. The van der Waals surface area contributed by atoms with Crippen molar-refractivity contribution >= 4 is 29.1 Å². The molecule has 0 fully saturated rings. The summed E-state index contributed by atoms with van der Waals surface area (Å²) in [6.45, 7) is 1.93. The fourth-order valence-electron chi connectivity index (χ4n) is 3.83. The minimum atomic E-state index is -0.748. The molecule has 0 spiro atoms. The molecule has 31 heavy (non-hydrogen) atoms. The van der Waals surface area contributed by atoms with Gasteiger partial charge in [-0.25, -0.2) is 0 Å². The van der Waals surface area contributed by atoms with Crippen molar-refractivity contribution in [3.63, 3.8) is 0 Å². The number of halogens is 1. The quantitative estimate of drug-likeness (QED) is 0.602. The Kier molecular flexibility index (Phi) is 6.60. The second-order valence-corrected chi connectivity index (χ2v) is 7.84. The normalized spacial score (nSPS) is 14.4. The SMILES string of the molecule is O=C(NCC(c1cccnc1)N1CCc2ccccc2C1)C(=O)Nc1ccccc1Cl. The molecule has 1 atom stereocenters. The number of carbonyl (C=O) groups excluding carboxylic acids is 2. The van der Waals surface area contributed by atoms with E-state index in [9.17, 15) is 9.59 Å². The van der Waals surface area contributed by atoms with Crippen LogP contribution in [0, 0.1) is 0 Å². The smallest absolute Gasteiger partial charge is 0.313 e. The molecule has 6 nitrogen and oxygen atoms in total. The van der Waals surface area contributed by atoms with Gasteiger partial charge in [0.25, 0.3) is 0 Å². The summed E-state index contributed by atoms with van der Waals surface area (Å²) in [4.78, 5) is 31.4. The van der Waals surface area contributed by atoms with Gasteiger partial charge in [0.05, 0.1) is 16.8 Å². The van der Waals surface area contributed by atoms with Gasteiger partial charge in [0.15, 0.2) is 0 Å². The number of benzene rings is 2. The highest BCUT2D eigenvalue weighted by molar-refractivity contribution is 6.41. The van der Waals surface area contributed by atoms with Crippen molar-refractivity contribution in [3.05, 3.63) is 94.8 Å². The predicted octanol–water partition coefficient (Wildman–Crippen LogP) is 3.59. The van der Waals surface area contributed by atoms with Crippen molar-refractivity contribution in [2.45, 2.75) is 19.0 Å². The maximum absolute atomic E-state index is 12.5. The van der Waals surface area contributed by atoms with E-state index in [1.54, 1.807) is 36.7 Å². The van der Waals surface area contributed by atoms with Gasteiger partial charge in [0.1, 0.15) is 0 Å². The lowest BCUT2D eigenvalue weighted by molar-refractivity contribution is -0.136. The minimum absolute atomic E-state index is 0.0980. The number of hydrogen-bond acceptors (Lipinski definition) is 4. The Hall–Kier alpha value is -3.22. The van der Waals surface area contributed by atoms with Crippen LogP contribution in [-0.2, 0) is 22.6 Å². The highest BCUT2D eigenvalue weighted by atomic mass is 35.5. The van der Waals surface area contributed by atoms with Crippen molar-refractivity contribution in [1.82, 2.24) is 15.2 Å². The molecule has 0 saturated heterocycles. The summed E-state index contributed by atoms with van der Waals surface area (Å²) in [5.41, 5.74) is 4.03. The lowest BCUT2D eigenvalue weighted by Crippen LogP contribution is -2.43. The van der Waals surface area contributed by atoms with Gasteiger partial charge in [0.2, 0.25) is 0 Å². The summed E-state index contributed by atoms with van der Waals surface area (Å²) >= 11 is 6.06. The molecule has 2 N–H and O–H groups in total. The minimum Gasteiger partial charge on any atom is -0.346 e. The maximum Gasteiger partial charge on any atom is 0.313 e. The molecule has 0 aliphatic carbocycles. The van der Waals surface area contributed by atoms with Gasteiger partial charge in [-0.2, -0.15) is 0 Å². The number of nitrogens with one attached hydrogen (secondary N) is 2. The summed E-state index contributed by atoms with van der Waals surface area (Å²) in [6.07, 6.45) is 4.47. The van der Waals surface area contributed by atoms with Crippen LogP contribution in [0.4, 0.5) is 5.69 Å². The zero-order valence-corrected chi connectivity index (χ0v) is 17.7. The van der Waals surface area contributed by atoms with Crippen LogP contribution in [0.2, 0.25) is 5.02 Å². The number of rotatable bonds is 5. The van der Waals surface area contributed by atoms with E-state index in [0.717, 1.165) is 25.1 Å². The molecule has 2 aromatic carbocycles. The monoisotopic (exact) mass is 434 g/mol. The van der Waals surface area contributed by atoms with Crippen LogP contribution in [0.3, 0.4) is 0 Å². The van der Waals surface area contributed by atoms with Crippen LogP contribution in [-0.4, -0.2) is 34.8 Å². The molecule has 158 valence electrons. The van der Waals surface area contributed by atoms with E-state index in [4.69, 9.17) is 11.6 Å². The molecule has 0 saturated carbocycles. The number of aromatic nitrogens is 1. The topological polar surface area (TPSA) is 74.3 Å². The Morgan fingerprint density at radius 2 is 1.77 bits per heavy atom. The van der Waals surface area contributed by atoms with E-state index in [2.05, 4.69) is 38.7 Å². The molecule has 7 heteroatoms. The third kappa shape index (κ3) is 5.10. The van der Waals surface area contributed by atoms with Gasteiger partial charge < -0.3 is 10.6 Å². The molecule has 1 aliphatic rings. The third-order valence-corrected chi connectivity index (χ3v) is 5.78. The number of anilines is 1. The van der Waals surface area contributed by atoms with Gasteiger partial charge in [-0.15, -0.1) is 0 Å². The van der Waals surface area contributed by atoms with Crippen molar-refractivity contribution in [2.75, 3.05) is 18.4 Å². The molecule has 1 aromatic heterocycles. The number of para-hydroxylation sites is 1. The van der Waals surface area contributed by atoms with Gasteiger partial charge >= 0.3 is 11.8 Å². The van der Waals surface area contributed by atoms with Gasteiger partial charge in [0, 0.05) is 32.0 Å². The molecule has 1 aliphatic heterocycles. The summed E-state index contributed by atoms with van der Waals surface area (Å²) in [5, 5.41) is 5.71. The number of hydrogen-bond donors (Lipinski definition) is 2. The Bertz CT molecular complexity index is 1070. The lowest BCUT2D eigenvalue weighted by Gasteiger charge is -2.35. The van der Waals surface area contributed by atoms with Crippen LogP contribution in [0.5, 0.6) is 0 Å². The Balaban J connectivity index is 1.45. The number of nitrogens with zero attached hydrogens (tertiary/aromatic N) is 2. The van der Waals surface area contributed by atoms with Crippen molar-refractivity contribution < 1.29 is 9.59 Å². The summed E-state index contributed by atoms with van der Waals surface area (Å²) < 4.78 is 0. The van der Waals surface area contributed by atoms with Gasteiger partial charge in [-0.3, -0.25) is 19.5 Å². The molecule has 0 bridgehead atoms. The number of amides is 2. The van der Waals surface area contributed by atoms with Gasteiger partial charge in [-0.1, -0.05) is 54.1 Å². The van der Waals surface area contributed by atoms with Crippen LogP contribution < -0.4 is 10.6 Å². The first-order valence-electron chi connectivity index (χ1n) is 10.2. The molecule has 1 unspecified atom stereocenters. The van der Waals surface area contributed by atoms with Crippen LogP contribution in [0.25, 0.3) is 0 Å². The highest BCUT2D eigenvalue weighted by Gasteiger charge is 2.26. The van der Waals surface area contributed by atoms with E-state index >= 15 is 0 Å². The zero-order chi connectivity index (χ0) is 21.6. The van der Waals surface area contributed by atoms with Crippen LogP contribution in [0.15, 0.2) is 73.1 Å². The summed E-state index contributed by atoms with van der Waals surface area (Å²) in [7, 11) is 0. The molecule has 2 amide bonds. The summed E-state index contributed by atoms with van der Waals surface area (Å²) in [5.74, 6) is -1.45. The average molecular weight is 435 g/mol. The van der Waals surface area contributed by atoms with Crippen molar-refractivity contribution in [2.24, 2.45) is 0 Å². The molecule has 0 radical (unpaired) electrons. The molecular weight excluding hydrogens is 412 g/mol. The zero-order valence-electron chi connectivity index (χ0n) is 16.9. The summed E-state index contributed by atoms with van der Waals surface area (Å²) in [6, 6.07) is 19.0. The largest absolute Gasteiger partial charge is 0.346 e. The first-order valence-corrected chi connectivity index (χ1v) is 10.5. The number of fused-ring (bicyclic) bond motifs is 1. The Morgan fingerprint density at radius 1 is 1.00 bits per heavy atom. The van der Waals surface area contributed by atoms with E-state index < -0.39 is 11.8 Å². The first-order chi connectivity index (χ1) is 15.1. The van der Waals surface area contributed by atoms with E-state index in [1.165, 1.54) is 11.1 Å². The second-order valence-electron chi connectivity index (χ2n) is 7.44. The fourth-order valence-corrected chi connectivity index (χ4v) is 4.01. The Labute approximate surface area is 186 Å². The van der Waals surface area contributed by atoms with Gasteiger partial charge in [-0.05, 0) is 41.3 Å². The van der Waals surface area contributed by atoms with Crippen molar-refractivity contribution in [3.8, 4) is 0 Å². The first kappa shape index (κ1) is 21.0. The molecular formula is C24H23ClN4O2. The third-order valence-electron chi connectivity index (χ3n) is 5.45. The van der Waals surface area contributed by atoms with Crippen LogP contribution in [0.1, 0.15) is 22.7 Å².